The van der Waals surface area contributed by atoms with Crippen LogP contribution in [0.4, 0.5) is 5.69 Å². The van der Waals surface area contributed by atoms with E-state index in [-0.39, 0.29) is 5.91 Å². The molecule has 0 aromatic heterocycles. The molecule has 9 heteroatoms. The minimum atomic E-state index is -0.515. The Labute approximate surface area is 232 Å². The molecular weight excluding hydrogens is 518 g/mol. The first kappa shape index (κ1) is 27.4. The number of carbonyl (C=O) groups is 2. The van der Waals surface area contributed by atoms with E-state index in [0.29, 0.717) is 38.6 Å². The summed E-state index contributed by atoms with van der Waals surface area (Å²) in [5.74, 6) is 1.17. The Morgan fingerprint density at radius 3 is 2.34 bits per heavy atom. The van der Waals surface area contributed by atoms with E-state index in [9.17, 15) is 9.59 Å². The lowest BCUT2D eigenvalue weighted by atomic mass is 10.2. The maximum absolute atomic E-state index is 13.2. The second kappa shape index (κ2) is 12.7. The van der Waals surface area contributed by atoms with Crippen molar-refractivity contribution in [1.29, 1.82) is 0 Å². The molecule has 3 aromatic rings. The van der Waals surface area contributed by atoms with Gasteiger partial charge in [-0.1, -0.05) is 56.0 Å². The van der Waals surface area contributed by atoms with Gasteiger partial charge in [-0.3, -0.25) is 14.5 Å². The van der Waals surface area contributed by atoms with Crippen LogP contribution in [0.5, 0.6) is 17.2 Å². The Hall–Kier alpha value is -3.66. The van der Waals surface area contributed by atoms with Crippen molar-refractivity contribution in [3.05, 3.63) is 88.8 Å². The minimum absolute atomic E-state index is 0.168. The number of hydrogen-bond donors (Lipinski definition) is 1. The predicted molar refractivity (Wildman–Crippen MR) is 157 cm³/mol. The zero-order valence-corrected chi connectivity index (χ0v) is 22.9. The molecule has 0 saturated carbocycles. The summed E-state index contributed by atoms with van der Waals surface area (Å²) in [5.41, 5.74) is 7.24. The molecule has 196 valence electrons. The van der Waals surface area contributed by atoms with Crippen LogP contribution in [0.25, 0.3) is 6.08 Å². The highest BCUT2D eigenvalue weighted by Gasteiger charge is 2.33. The van der Waals surface area contributed by atoms with Gasteiger partial charge in [0.1, 0.15) is 23.9 Å². The van der Waals surface area contributed by atoms with Gasteiger partial charge in [0, 0.05) is 12.1 Å². The van der Waals surface area contributed by atoms with Gasteiger partial charge in [-0.15, -0.1) is 0 Å². The number of amides is 2. The van der Waals surface area contributed by atoms with E-state index in [1.165, 1.54) is 16.7 Å². The van der Waals surface area contributed by atoms with Crippen molar-refractivity contribution in [2.24, 2.45) is 5.73 Å². The molecule has 7 nitrogen and oxygen atoms in total. The highest BCUT2D eigenvalue weighted by atomic mass is 32.2. The quantitative estimate of drug-likeness (QED) is 0.243. The predicted octanol–water partition coefficient (Wildman–Crippen LogP) is 5.70. The summed E-state index contributed by atoms with van der Waals surface area (Å²) in [5, 5.41) is 0. The lowest BCUT2D eigenvalue weighted by Gasteiger charge is -2.18. The first-order valence-corrected chi connectivity index (χ1v) is 13.5. The first-order chi connectivity index (χ1) is 18.4. The third-order valence-electron chi connectivity index (χ3n) is 5.99. The highest BCUT2D eigenvalue weighted by Crippen LogP contribution is 2.36. The number of ether oxygens (including phenoxy) is 2. The Balaban J connectivity index is 1.39. The fraction of sp³-hybridized carbons (Fsp3) is 0.207. The lowest BCUT2D eigenvalue weighted by Crippen LogP contribution is -2.28. The van der Waals surface area contributed by atoms with Crippen LogP contribution in [0.3, 0.4) is 0 Å². The molecule has 0 spiro atoms. The first-order valence-electron chi connectivity index (χ1n) is 12.3. The Morgan fingerprint density at radius 2 is 1.68 bits per heavy atom. The van der Waals surface area contributed by atoms with Crippen LogP contribution >= 0.6 is 24.0 Å². The number of nitrogens with zero attached hydrogens (tertiary/aromatic N) is 2. The smallest absolute Gasteiger partial charge is 0.270 e. The standard InChI is InChI=1S/C29H29N3O4S2/c1-3-31(4-2)16-17-35-23-14-10-22(11-15-23)32-28(34)26(38-29(32)37)18-20-8-12-24(13-9-20)36-25-7-5-6-21(19-25)27(30)33/h5-15,18-19H,3-4,16-17H2,1-2H3,(H2,30,33)/b26-18-. The molecule has 3 aromatic carbocycles. The van der Waals surface area contributed by atoms with Crippen LogP contribution in [0, 0.1) is 0 Å². The van der Waals surface area contributed by atoms with Crippen LogP contribution in [-0.4, -0.2) is 47.3 Å². The number of primary amides is 1. The van der Waals surface area contributed by atoms with Crippen molar-refractivity contribution in [2.75, 3.05) is 31.1 Å². The van der Waals surface area contributed by atoms with Crippen molar-refractivity contribution < 1.29 is 19.1 Å². The van der Waals surface area contributed by atoms with Gasteiger partial charge in [-0.25, -0.2) is 0 Å². The zero-order valence-electron chi connectivity index (χ0n) is 21.3. The number of nitrogens with two attached hydrogens (primary N) is 1. The van der Waals surface area contributed by atoms with E-state index >= 15 is 0 Å². The molecule has 2 N–H and O–H groups in total. The highest BCUT2D eigenvalue weighted by molar-refractivity contribution is 8.27. The molecule has 1 fully saturated rings. The number of carbonyl (C=O) groups excluding carboxylic acids is 2. The molecule has 38 heavy (non-hydrogen) atoms. The summed E-state index contributed by atoms with van der Waals surface area (Å²) in [7, 11) is 0. The molecular formula is C29H29N3O4S2. The Kier molecular flexibility index (Phi) is 9.17. The third-order valence-corrected chi connectivity index (χ3v) is 7.29. The molecule has 0 aliphatic carbocycles. The second-order valence-corrected chi connectivity index (χ2v) is 10.1. The van der Waals surface area contributed by atoms with E-state index in [1.54, 1.807) is 36.4 Å². The largest absolute Gasteiger partial charge is 0.492 e. The van der Waals surface area contributed by atoms with Gasteiger partial charge in [-0.2, -0.15) is 0 Å². The average molecular weight is 548 g/mol. The normalized spacial score (nSPS) is 14.4. The number of anilines is 1. The molecule has 4 rings (SSSR count). The number of likely N-dealkylation sites (N-methyl/N-ethyl adjacent to an activating group) is 1. The molecule has 1 heterocycles. The molecule has 2 amide bonds. The summed E-state index contributed by atoms with van der Waals surface area (Å²) in [6.45, 7) is 7.72. The molecule has 0 radical (unpaired) electrons. The summed E-state index contributed by atoms with van der Waals surface area (Å²) in [4.78, 5) is 28.9. The molecule has 0 atom stereocenters. The Morgan fingerprint density at radius 1 is 1.00 bits per heavy atom. The van der Waals surface area contributed by atoms with Crippen LogP contribution in [-0.2, 0) is 4.79 Å². The SMILES string of the molecule is CCN(CC)CCOc1ccc(N2C(=O)/C(=C/c3ccc(Oc4cccc(C(N)=O)c4)cc3)SC2=S)cc1. The molecule has 1 aliphatic rings. The summed E-state index contributed by atoms with van der Waals surface area (Å²) in [6, 6.07) is 21.4. The fourth-order valence-electron chi connectivity index (χ4n) is 3.85. The van der Waals surface area contributed by atoms with E-state index in [0.717, 1.165) is 30.9 Å². The van der Waals surface area contributed by atoms with Gasteiger partial charge in [0.25, 0.3) is 5.91 Å². The van der Waals surface area contributed by atoms with Crippen LogP contribution in [0.1, 0.15) is 29.8 Å². The van der Waals surface area contributed by atoms with Crippen LogP contribution in [0.2, 0.25) is 0 Å². The van der Waals surface area contributed by atoms with Crippen molar-refractivity contribution in [2.45, 2.75) is 13.8 Å². The lowest BCUT2D eigenvalue weighted by molar-refractivity contribution is -0.113. The van der Waals surface area contributed by atoms with E-state index in [4.69, 9.17) is 27.4 Å². The zero-order chi connectivity index (χ0) is 27.1. The number of rotatable bonds is 11. The monoisotopic (exact) mass is 547 g/mol. The van der Waals surface area contributed by atoms with Crippen LogP contribution in [0.15, 0.2) is 77.7 Å². The van der Waals surface area contributed by atoms with Gasteiger partial charge >= 0.3 is 0 Å². The number of thioether (sulfide) groups is 1. The van der Waals surface area contributed by atoms with Crippen molar-refractivity contribution >= 4 is 51.9 Å². The van der Waals surface area contributed by atoms with Gasteiger partial charge < -0.3 is 20.1 Å². The molecule has 1 saturated heterocycles. The van der Waals surface area contributed by atoms with E-state index in [2.05, 4.69) is 18.7 Å². The summed E-state index contributed by atoms with van der Waals surface area (Å²) < 4.78 is 12.1. The Bertz CT molecular complexity index is 1340. The molecule has 1 aliphatic heterocycles. The van der Waals surface area contributed by atoms with Crippen molar-refractivity contribution in [3.8, 4) is 17.2 Å². The van der Waals surface area contributed by atoms with Crippen molar-refractivity contribution in [1.82, 2.24) is 4.90 Å². The van der Waals surface area contributed by atoms with Gasteiger partial charge in [0.2, 0.25) is 5.91 Å². The van der Waals surface area contributed by atoms with E-state index in [1.807, 2.05) is 42.5 Å². The maximum atomic E-state index is 13.2. The number of benzene rings is 3. The van der Waals surface area contributed by atoms with Crippen molar-refractivity contribution in [3.63, 3.8) is 0 Å². The van der Waals surface area contributed by atoms with Gasteiger partial charge in [0.15, 0.2) is 4.32 Å². The van der Waals surface area contributed by atoms with Gasteiger partial charge in [0.05, 0.1) is 10.6 Å². The number of hydrogen-bond acceptors (Lipinski definition) is 7. The fourth-order valence-corrected chi connectivity index (χ4v) is 5.15. The maximum Gasteiger partial charge on any atom is 0.270 e. The second-order valence-electron chi connectivity index (χ2n) is 8.45. The topological polar surface area (TPSA) is 85.1 Å². The van der Waals surface area contributed by atoms with Gasteiger partial charge in [-0.05, 0) is 79.3 Å². The summed E-state index contributed by atoms with van der Waals surface area (Å²) >= 11 is 6.78. The third kappa shape index (κ3) is 6.80. The minimum Gasteiger partial charge on any atom is -0.492 e. The summed E-state index contributed by atoms with van der Waals surface area (Å²) in [6.07, 6.45) is 1.81. The average Bonchev–Trinajstić information content (AvgIpc) is 3.20. The van der Waals surface area contributed by atoms with E-state index < -0.39 is 5.91 Å². The number of thiocarbonyl (C=S) groups is 1. The van der Waals surface area contributed by atoms with Crippen LogP contribution < -0.4 is 20.1 Å². The molecule has 0 unspecified atom stereocenters. The molecule has 0 bridgehead atoms.